The van der Waals surface area contributed by atoms with Crippen molar-refractivity contribution >= 4 is 75.5 Å². The van der Waals surface area contributed by atoms with Crippen LogP contribution < -0.4 is 10.2 Å². The van der Waals surface area contributed by atoms with Gasteiger partial charge in [0.25, 0.3) is 0 Å². The van der Waals surface area contributed by atoms with Crippen LogP contribution >= 0.6 is 57.7 Å². The normalized spacial score (nSPS) is 17.2. The van der Waals surface area contributed by atoms with Crippen LogP contribution in [-0.2, 0) is 12.0 Å². The van der Waals surface area contributed by atoms with Gasteiger partial charge in [-0.05, 0) is 55.8 Å². The molecule has 10 heteroatoms. The molecule has 0 atom stereocenters. The maximum absolute atomic E-state index is 13.2. The van der Waals surface area contributed by atoms with E-state index in [1.165, 1.54) is 11.3 Å². The van der Waals surface area contributed by atoms with E-state index in [9.17, 15) is 4.79 Å². The van der Waals surface area contributed by atoms with Crippen molar-refractivity contribution in [2.75, 3.05) is 31.1 Å². The molecule has 0 radical (unpaired) electrons. The number of hydrogen-bond donors (Lipinski definition) is 1. The molecule has 1 aromatic heterocycles. The highest BCUT2D eigenvalue weighted by Crippen LogP contribution is 2.51. The Morgan fingerprint density at radius 3 is 2.53 bits per heavy atom. The van der Waals surface area contributed by atoms with Gasteiger partial charge in [0, 0.05) is 40.2 Å². The van der Waals surface area contributed by atoms with E-state index in [-0.39, 0.29) is 11.4 Å². The molecule has 2 aliphatic heterocycles. The van der Waals surface area contributed by atoms with Crippen LogP contribution in [0.2, 0.25) is 19.5 Å². The van der Waals surface area contributed by atoms with Crippen LogP contribution in [0.3, 0.4) is 0 Å². The zero-order valence-corrected chi connectivity index (χ0v) is 23.2. The smallest absolute Gasteiger partial charge is 0.322 e. The van der Waals surface area contributed by atoms with Gasteiger partial charge in [-0.2, -0.15) is 0 Å². The van der Waals surface area contributed by atoms with Crippen LogP contribution in [-0.4, -0.2) is 42.1 Å². The minimum Gasteiger partial charge on any atom is -0.333 e. The first-order valence-corrected chi connectivity index (χ1v) is 14.0. The Labute approximate surface area is 234 Å². The summed E-state index contributed by atoms with van der Waals surface area (Å²) in [6.07, 6.45) is 7.76. The van der Waals surface area contributed by atoms with E-state index >= 15 is 0 Å². The van der Waals surface area contributed by atoms with Gasteiger partial charge >= 0.3 is 6.03 Å². The lowest BCUT2D eigenvalue weighted by molar-refractivity contribution is 0.180. The van der Waals surface area contributed by atoms with E-state index in [4.69, 9.17) is 46.4 Å². The van der Waals surface area contributed by atoms with Gasteiger partial charge in [0.1, 0.15) is 0 Å². The molecule has 0 aliphatic carbocycles. The number of fused-ring (bicyclic) bond motifs is 2. The van der Waals surface area contributed by atoms with Crippen molar-refractivity contribution in [1.29, 1.82) is 0 Å². The molecule has 5 rings (SSSR count). The van der Waals surface area contributed by atoms with E-state index in [0.29, 0.717) is 27.6 Å². The summed E-state index contributed by atoms with van der Waals surface area (Å²) in [5.74, 6) is 0. The van der Waals surface area contributed by atoms with E-state index in [1.54, 1.807) is 17.2 Å². The third-order valence-electron chi connectivity index (χ3n) is 6.90. The largest absolute Gasteiger partial charge is 0.333 e. The minimum atomic E-state index is -0.223. The molecule has 1 N–H and O–H groups in total. The van der Waals surface area contributed by atoms with Crippen molar-refractivity contribution in [1.82, 2.24) is 15.2 Å². The lowest BCUT2D eigenvalue weighted by Gasteiger charge is -2.39. The van der Waals surface area contributed by atoms with Gasteiger partial charge in [0.2, 0.25) is 0 Å². The Hall–Kier alpha value is -1.80. The summed E-state index contributed by atoms with van der Waals surface area (Å²) in [4.78, 5) is 22.4. The monoisotopic (exact) mass is 580 g/mol. The molecule has 36 heavy (non-hydrogen) atoms. The Morgan fingerprint density at radius 1 is 1.08 bits per heavy atom. The van der Waals surface area contributed by atoms with Gasteiger partial charge in [-0.15, -0.1) is 11.3 Å². The van der Waals surface area contributed by atoms with Crippen molar-refractivity contribution in [3.8, 4) is 0 Å². The average Bonchev–Trinajstić information content (AvgIpc) is 3.44. The molecule has 1 spiro atoms. The molecule has 5 nitrogen and oxygen atoms in total. The van der Waals surface area contributed by atoms with E-state index in [0.717, 1.165) is 59.2 Å². The van der Waals surface area contributed by atoms with Crippen molar-refractivity contribution in [2.24, 2.45) is 0 Å². The first-order chi connectivity index (χ1) is 17.3. The Bertz CT molecular complexity index is 1290. The zero-order valence-electron chi connectivity index (χ0n) is 19.3. The highest BCUT2D eigenvalue weighted by atomic mass is 35.5. The highest BCUT2D eigenvalue weighted by Gasteiger charge is 2.48. The number of thiazole rings is 1. The van der Waals surface area contributed by atoms with Gasteiger partial charge in [0.05, 0.1) is 22.3 Å². The number of amides is 2. The second-order valence-corrected chi connectivity index (χ2v) is 12.0. The highest BCUT2D eigenvalue weighted by molar-refractivity contribution is 7.15. The number of carbonyl (C=O) groups excluding carboxylic acids is 1. The standard InChI is InChI=1S/C26H24Cl4N4OS/c27-18-5-3-17(4-6-18)2-1-11-33-12-9-26(10-13-33)16-34(21-8-7-20(28)23(29)22(21)26)25(35)32-15-19-14-31-24(30)36-19/h1-8,14H,9-13,15-16H2,(H,32,35). The fourth-order valence-electron chi connectivity index (χ4n) is 5.02. The van der Waals surface area contributed by atoms with Gasteiger partial charge in [0.15, 0.2) is 4.47 Å². The number of halogens is 4. The molecule has 0 bridgehead atoms. The van der Waals surface area contributed by atoms with Crippen LogP contribution in [0.5, 0.6) is 0 Å². The average molecular weight is 582 g/mol. The molecule has 0 unspecified atom stereocenters. The Kier molecular flexibility index (Phi) is 7.82. The van der Waals surface area contributed by atoms with Crippen LogP contribution in [0.1, 0.15) is 28.8 Å². The molecule has 188 valence electrons. The van der Waals surface area contributed by atoms with E-state index in [2.05, 4.69) is 27.4 Å². The van der Waals surface area contributed by atoms with Crippen LogP contribution in [0.25, 0.3) is 6.08 Å². The fraction of sp³-hybridized carbons (Fsp3) is 0.308. The topological polar surface area (TPSA) is 48.5 Å². The fourth-order valence-corrected chi connectivity index (χ4v) is 6.59. The molecular weight excluding hydrogens is 558 g/mol. The summed E-state index contributed by atoms with van der Waals surface area (Å²) in [5.41, 5.74) is 2.73. The van der Waals surface area contributed by atoms with Gasteiger partial charge in [-0.3, -0.25) is 9.80 Å². The molecule has 0 saturated carbocycles. The lowest BCUT2D eigenvalue weighted by Crippen LogP contribution is -2.47. The van der Waals surface area contributed by atoms with Gasteiger partial charge in [-0.25, -0.2) is 9.78 Å². The van der Waals surface area contributed by atoms with Crippen molar-refractivity contribution in [3.63, 3.8) is 0 Å². The number of aromatic nitrogens is 1. The molecule has 3 heterocycles. The number of benzene rings is 2. The van der Waals surface area contributed by atoms with Gasteiger partial charge in [-0.1, -0.05) is 70.7 Å². The predicted molar refractivity (Wildman–Crippen MR) is 151 cm³/mol. The second kappa shape index (κ2) is 10.9. The molecule has 1 fully saturated rings. The summed E-state index contributed by atoms with van der Waals surface area (Å²) in [6, 6.07) is 11.3. The SMILES string of the molecule is O=C(NCc1cnc(Cl)s1)N1CC2(CCN(CC=Cc3ccc(Cl)cc3)CC2)c2c1ccc(Cl)c2Cl. The lowest BCUT2D eigenvalue weighted by atomic mass is 9.74. The number of hydrogen-bond acceptors (Lipinski definition) is 4. The summed E-state index contributed by atoms with van der Waals surface area (Å²) in [5, 5.41) is 4.81. The molecular formula is C26H24Cl4N4OS. The number of carbonyl (C=O) groups is 1. The number of nitrogens with zero attached hydrogens (tertiary/aromatic N) is 3. The van der Waals surface area contributed by atoms with Crippen LogP contribution in [0.4, 0.5) is 10.5 Å². The van der Waals surface area contributed by atoms with Crippen molar-refractivity contribution < 1.29 is 4.79 Å². The molecule has 2 aliphatic rings. The third-order valence-corrected chi connectivity index (χ3v) is 9.07. The maximum Gasteiger partial charge on any atom is 0.322 e. The van der Waals surface area contributed by atoms with Crippen LogP contribution in [0, 0.1) is 0 Å². The number of anilines is 1. The number of nitrogens with one attached hydrogen (secondary N) is 1. The van der Waals surface area contributed by atoms with Gasteiger partial charge < -0.3 is 5.32 Å². The molecule has 3 aromatic rings. The van der Waals surface area contributed by atoms with E-state index in [1.807, 2.05) is 30.3 Å². The molecule has 2 aromatic carbocycles. The summed E-state index contributed by atoms with van der Waals surface area (Å²) in [6.45, 7) is 3.61. The Balaban J connectivity index is 1.28. The third kappa shape index (κ3) is 5.40. The first-order valence-electron chi connectivity index (χ1n) is 11.6. The quantitative estimate of drug-likeness (QED) is 0.339. The number of piperidine rings is 1. The number of likely N-dealkylation sites (tertiary alicyclic amines) is 1. The molecule has 2 amide bonds. The number of rotatable bonds is 5. The first kappa shape index (κ1) is 25.8. The molecule has 1 saturated heterocycles. The zero-order chi connectivity index (χ0) is 25.3. The van der Waals surface area contributed by atoms with Crippen LogP contribution in [0.15, 0.2) is 48.7 Å². The van der Waals surface area contributed by atoms with E-state index < -0.39 is 0 Å². The number of urea groups is 1. The summed E-state index contributed by atoms with van der Waals surface area (Å²) >= 11 is 26.4. The van der Waals surface area contributed by atoms with Crippen molar-refractivity contribution in [2.45, 2.75) is 24.8 Å². The minimum absolute atomic E-state index is 0.163. The second-order valence-electron chi connectivity index (χ2n) is 9.11. The maximum atomic E-state index is 13.2. The predicted octanol–water partition coefficient (Wildman–Crippen LogP) is 7.53. The van der Waals surface area contributed by atoms with Crippen molar-refractivity contribution in [3.05, 3.63) is 84.2 Å². The Morgan fingerprint density at radius 2 is 1.83 bits per heavy atom. The summed E-state index contributed by atoms with van der Waals surface area (Å²) in [7, 11) is 0. The summed E-state index contributed by atoms with van der Waals surface area (Å²) < 4.78 is 0.459.